The average molecular weight is 229 g/mol. The Hall–Kier alpha value is -1.17. The molecule has 0 unspecified atom stereocenters. The van der Waals surface area contributed by atoms with Crippen LogP contribution in [0.3, 0.4) is 0 Å². The Morgan fingerprint density at radius 1 is 1.40 bits per heavy atom. The van der Waals surface area contributed by atoms with Gasteiger partial charge in [0.1, 0.15) is 0 Å². The molecule has 0 atom stereocenters. The summed E-state index contributed by atoms with van der Waals surface area (Å²) in [5.41, 5.74) is 5.34. The van der Waals surface area contributed by atoms with Crippen molar-refractivity contribution in [2.45, 2.75) is 12.8 Å². The third-order valence-electron chi connectivity index (χ3n) is 2.37. The minimum Gasteiger partial charge on any atom is -0.393 e. The molecule has 2 amide bonds. The summed E-state index contributed by atoms with van der Waals surface area (Å²) >= 11 is 4.73. The van der Waals surface area contributed by atoms with Gasteiger partial charge in [0.15, 0.2) is 0 Å². The molecule has 1 fully saturated rings. The maximum atomic E-state index is 11.5. The number of nitrogens with two attached hydrogens (primary N) is 1. The van der Waals surface area contributed by atoms with Gasteiger partial charge in [0.25, 0.3) is 0 Å². The molecule has 1 rings (SSSR count). The number of likely N-dealkylation sites (N-methyl/N-ethyl adjacent to an activating group) is 1. The molecule has 0 bridgehead atoms. The maximum absolute atomic E-state index is 11.5. The molecule has 0 radical (unpaired) electrons. The Morgan fingerprint density at radius 3 is 2.67 bits per heavy atom. The van der Waals surface area contributed by atoms with Crippen LogP contribution in [0.25, 0.3) is 0 Å². The number of hydrogen-bond acceptors (Lipinski definition) is 3. The lowest BCUT2D eigenvalue weighted by Crippen LogP contribution is -2.52. The number of rotatable bonds is 4. The highest BCUT2D eigenvalue weighted by Crippen LogP contribution is 2.04. The Bertz CT molecular complexity index is 293. The molecule has 5 nitrogen and oxygen atoms in total. The number of carbonyl (C=O) groups excluding carboxylic acids is 2. The third-order valence-corrected chi connectivity index (χ3v) is 2.58. The van der Waals surface area contributed by atoms with Gasteiger partial charge in [-0.2, -0.15) is 0 Å². The van der Waals surface area contributed by atoms with Gasteiger partial charge in [-0.1, -0.05) is 12.2 Å². The predicted molar refractivity (Wildman–Crippen MR) is 60.2 cm³/mol. The molecule has 0 aliphatic carbocycles. The fourth-order valence-corrected chi connectivity index (χ4v) is 1.57. The van der Waals surface area contributed by atoms with Crippen LogP contribution in [0.1, 0.15) is 12.8 Å². The van der Waals surface area contributed by atoms with Gasteiger partial charge < -0.3 is 15.5 Å². The average Bonchev–Trinajstić information content (AvgIpc) is 2.18. The summed E-state index contributed by atoms with van der Waals surface area (Å²) in [6, 6.07) is 0. The van der Waals surface area contributed by atoms with E-state index in [1.807, 2.05) is 0 Å². The number of hydrogen-bond donors (Lipinski definition) is 1. The van der Waals surface area contributed by atoms with E-state index in [0.717, 1.165) is 6.42 Å². The van der Waals surface area contributed by atoms with E-state index in [9.17, 15) is 9.59 Å². The quantitative estimate of drug-likeness (QED) is 0.514. The van der Waals surface area contributed by atoms with E-state index >= 15 is 0 Å². The number of thiocarbonyl (C=S) groups is 1. The number of nitrogens with zero attached hydrogens (tertiary/aromatic N) is 2. The van der Waals surface area contributed by atoms with Crippen molar-refractivity contribution in [1.82, 2.24) is 9.80 Å². The molecule has 0 aromatic carbocycles. The van der Waals surface area contributed by atoms with Crippen molar-refractivity contribution in [1.29, 1.82) is 0 Å². The summed E-state index contributed by atoms with van der Waals surface area (Å²) in [6.07, 6.45) is 1.33. The zero-order chi connectivity index (χ0) is 11.4. The van der Waals surface area contributed by atoms with Crippen LogP contribution >= 0.6 is 12.2 Å². The fraction of sp³-hybridized carbons (Fsp3) is 0.667. The molecule has 0 saturated carbocycles. The van der Waals surface area contributed by atoms with Gasteiger partial charge in [-0.3, -0.25) is 9.59 Å². The summed E-state index contributed by atoms with van der Waals surface area (Å²) < 4.78 is 0. The molecule has 1 aliphatic heterocycles. The summed E-state index contributed by atoms with van der Waals surface area (Å²) in [5.74, 6) is -0.858. The second-order valence-electron chi connectivity index (χ2n) is 3.59. The highest BCUT2D eigenvalue weighted by atomic mass is 32.1. The molecule has 2 N–H and O–H groups in total. The lowest BCUT2D eigenvalue weighted by Gasteiger charge is -2.31. The van der Waals surface area contributed by atoms with Crippen LogP contribution in [-0.4, -0.2) is 53.3 Å². The summed E-state index contributed by atoms with van der Waals surface area (Å²) in [4.78, 5) is 26.2. The van der Waals surface area contributed by atoms with E-state index in [1.54, 1.807) is 11.9 Å². The van der Waals surface area contributed by atoms with E-state index in [4.69, 9.17) is 18.0 Å². The van der Waals surface area contributed by atoms with Crippen LogP contribution in [0.5, 0.6) is 0 Å². The molecule has 0 aromatic rings. The van der Waals surface area contributed by atoms with Gasteiger partial charge in [-0.05, 0) is 12.8 Å². The Labute approximate surface area is 94.2 Å². The zero-order valence-corrected chi connectivity index (χ0v) is 9.55. The van der Waals surface area contributed by atoms with Crippen LogP contribution in [0, 0.1) is 0 Å². The van der Waals surface area contributed by atoms with Crippen LogP contribution in [0.15, 0.2) is 0 Å². The van der Waals surface area contributed by atoms with Gasteiger partial charge in [0.2, 0.25) is 0 Å². The van der Waals surface area contributed by atoms with Crippen LogP contribution in [-0.2, 0) is 9.59 Å². The first-order chi connectivity index (χ1) is 7.02. The van der Waals surface area contributed by atoms with Crippen LogP contribution in [0.2, 0.25) is 0 Å². The zero-order valence-electron chi connectivity index (χ0n) is 8.73. The second-order valence-corrected chi connectivity index (χ2v) is 4.11. The number of amides is 2. The molecule has 1 aliphatic rings. The second kappa shape index (κ2) is 5.06. The summed E-state index contributed by atoms with van der Waals surface area (Å²) in [5, 5.41) is 0. The van der Waals surface area contributed by atoms with Crippen LogP contribution in [0.4, 0.5) is 0 Å². The van der Waals surface area contributed by atoms with Gasteiger partial charge in [0.05, 0.1) is 4.99 Å². The van der Waals surface area contributed by atoms with Gasteiger partial charge >= 0.3 is 11.8 Å². The van der Waals surface area contributed by atoms with Gasteiger partial charge in [-0.15, -0.1) is 0 Å². The lowest BCUT2D eigenvalue weighted by molar-refractivity contribution is -0.154. The third kappa shape index (κ3) is 3.16. The molecular formula is C9H15N3O2S. The van der Waals surface area contributed by atoms with Crippen molar-refractivity contribution in [2.75, 3.05) is 26.7 Å². The Morgan fingerprint density at radius 2 is 2.07 bits per heavy atom. The normalized spacial score (nSPS) is 17.1. The van der Waals surface area contributed by atoms with Crippen molar-refractivity contribution < 1.29 is 9.59 Å². The topological polar surface area (TPSA) is 66.6 Å². The van der Waals surface area contributed by atoms with Crippen molar-refractivity contribution in [3.63, 3.8) is 0 Å². The smallest absolute Gasteiger partial charge is 0.312 e. The molecule has 6 heteroatoms. The maximum Gasteiger partial charge on any atom is 0.312 e. The minimum absolute atomic E-state index is 0.424. The molecule has 1 saturated heterocycles. The van der Waals surface area contributed by atoms with E-state index < -0.39 is 11.8 Å². The van der Waals surface area contributed by atoms with Gasteiger partial charge in [-0.25, -0.2) is 0 Å². The van der Waals surface area contributed by atoms with Crippen molar-refractivity contribution >= 4 is 29.0 Å². The van der Waals surface area contributed by atoms with E-state index in [2.05, 4.69) is 0 Å². The van der Waals surface area contributed by atoms with Crippen molar-refractivity contribution in [3.05, 3.63) is 0 Å². The Kier molecular flexibility index (Phi) is 4.02. The monoisotopic (exact) mass is 229 g/mol. The van der Waals surface area contributed by atoms with E-state index in [-0.39, 0.29) is 0 Å². The van der Waals surface area contributed by atoms with E-state index in [1.165, 1.54) is 4.90 Å². The molecule has 15 heavy (non-hydrogen) atoms. The fourth-order valence-electron chi connectivity index (χ4n) is 1.43. The van der Waals surface area contributed by atoms with E-state index in [0.29, 0.717) is 31.0 Å². The first-order valence-electron chi connectivity index (χ1n) is 4.85. The van der Waals surface area contributed by atoms with Crippen molar-refractivity contribution in [3.8, 4) is 0 Å². The minimum atomic E-state index is -0.434. The Balaban J connectivity index is 2.40. The lowest BCUT2D eigenvalue weighted by atomic mass is 10.2. The molecule has 0 aromatic heterocycles. The SMILES string of the molecule is CN1CCN(CCCC(N)=S)C(=O)C1=O. The van der Waals surface area contributed by atoms with Crippen LogP contribution < -0.4 is 5.73 Å². The number of carbonyl (C=O) groups is 2. The molecule has 0 spiro atoms. The first-order valence-corrected chi connectivity index (χ1v) is 5.26. The molecule has 1 heterocycles. The van der Waals surface area contributed by atoms with Crippen molar-refractivity contribution in [2.24, 2.45) is 5.73 Å². The number of piperazine rings is 1. The molecule has 84 valence electrons. The summed E-state index contributed by atoms with van der Waals surface area (Å²) in [7, 11) is 1.63. The molecular weight excluding hydrogens is 214 g/mol. The standard InChI is InChI=1S/C9H15N3O2S/c1-11-5-6-12(9(14)8(11)13)4-2-3-7(10)15/h2-6H2,1H3,(H2,10,15). The predicted octanol–water partition coefficient (Wildman–Crippen LogP) is -0.647. The van der Waals surface area contributed by atoms with Gasteiger partial charge in [0, 0.05) is 26.7 Å². The highest BCUT2D eigenvalue weighted by Gasteiger charge is 2.29. The summed E-state index contributed by atoms with van der Waals surface area (Å²) in [6.45, 7) is 1.74. The first kappa shape index (κ1) is 11.9. The highest BCUT2D eigenvalue weighted by molar-refractivity contribution is 7.80. The largest absolute Gasteiger partial charge is 0.393 e.